The molecule has 1 aliphatic carbocycles. The Bertz CT molecular complexity index is 1030. The molecule has 1 heterocycles. The van der Waals surface area contributed by atoms with E-state index in [1.54, 1.807) is 18.2 Å². The zero-order chi connectivity index (χ0) is 19.7. The lowest BCUT2D eigenvalue weighted by Gasteiger charge is -2.09. The van der Waals surface area contributed by atoms with Crippen molar-refractivity contribution < 1.29 is 18.0 Å². The molecule has 0 aliphatic heterocycles. The van der Waals surface area contributed by atoms with Gasteiger partial charge in [-0.15, -0.1) is 0 Å². The summed E-state index contributed by atoms with van der Waals surface area (Å²) < 4.78 is 38.6. The van der Waals surface area contributed by atoms with Gasteiger partial charge in [0.05, 0.1) is 16.8 Å². The molecule has 142 valence electrons. The van der Waals surface area contributed by atoms with Gasteiger partial charge in [-0.05, 0) is 66.8 Å². The molecule has 4 rings (SSSR count). The van der Waals surface area contributed by atoms with Crippen molar-refractivity contribution in [2.24, 2.45) is 0 Å². The lowest BCUT2D eigenvalue weighted by Crippen LogP contribution is -2.12. The number of carbonyl (C=O) groups excluding carboxylic acids is 1. The number of amides is 1. The quantitative estimate of drug-likeness (QED) is 0.649. The summed E-state index contributed by atoms with van der Waals surface area (Å²) in [5.41, 5.74) is 3.65. The van der Waals surface area contributed by atoms with Gasteiger partial charge in [-0.1, -0.05) is 18.2 Å². The van der Waals surface area contributed by atoms with Gasteiger partial charge in [0.25, 0.3) is 5.91 Å². The van der Waals surface area contributed by atoms with E-state index in [1.165, 1.54) is 23.4 Å². The van der Waals surface area contributed by atoms with Gasteiger partial charge in [0.2, 0.25) is 0 Å². The fourth-order valence-corrected chi connectivity index (χ4v) is 3.41. The average molecular weight is 382 g/mol. The van der Waals surface area contributed by atoms with Crippen LogP contribution in [0.1, 0.15) is 33.5 Å². The Balaban J connectivity index is 1.51. The van der Waals surface area contributed by atoms with Gasteiger partial charge >= 0.3 is 6.18 Å². The van der Waals surface area contributed by atoms with Crippen LogP contribution in [0.4, 0.5) is 18.9 Å². The summed E-state index contributed by atoms with van der Waals surface area (Å²) in [7, 11) is 0. The topological polar surface area (TPSA) is 42.0 Å². The summed E-state index contributed by atoms with van der Waals surface area (Å²) in [5.74, 6) is -0.305. The maximum absolute atomic E-state index is 12.9. The van der Waals surface area contributed by atoms with Crippen molar-refractivity contribution >= 4 is 11.6 Å². The van der Waals surface area contributed by atoms with Crippen LogP contribution < -0.4 is 5.32 Å². The van der Waals surface area contributed by atoms with Gasteiger partial charge in [0, 0.05) is 17.4 Å². The SMILES string of the molecule is O=C(Nc1ccc2c(c1)CCC2)c1ccc(-c2cccc(C(F)(F)F)c2)nc1. The molecule has 0 bridgehead atoms. The average Bonchev–Trinajstić information content (AvgIpc) is 3.15. The van der Waals surface area contributed by atoms with Gasteiger partial charge in [0.1, 0.15) is 0 Å². The van der Waals surface area contributed by atoms with E-state index in [2.05, 4.69) is 10.3 Å². The van der Waals surface area contributed by atoms with Crippen LogP contribution >= 0.6 is 0 Å². The molecule has 28 heavy (non-hydrogen) atoms. The molecule has 3 aromatic rings. The van der Waals surface area contributed by atoms with Crippen LogP contribution in [0.3, 0.4) is 0 Å². The first-order chi connectivity index (χ1) is 13.4. The van der Waals surface area contributed by atoms with Crippen molar-refractivity contribution in [3.05, 3.63) is 83.0 Å². The van der Waals surface area contributed by atoms with Crippen LogP contribution in [0.5, 0.6) is 0 Å². The molecule has 0 saturated carbocycles. The molecule has 0 unspecified atom stereocenters. The highest BCUT2D eigenvalue weighted by Gasteiger charge is 2.30. The molecule has 0 atom stereocenters. The number of halogens is 3. The molecular formula is C22H17F3N2O. The van der Waals surface area contributed by atoms with Crippen LogP contribution in [0.15, 0.2) is 60.8 Å². The van der Waals surface area contributed by atoms with Gasteiger partial charge in [0.15, 0.2) is 0 Å². The van der Waals surface area contributed by atoms with Crippen molar-refractivity contribution in [1.82, 2.24) is 4.98 Å². The fraction of sp³-hybridized carbons (Fsp3) is 0.182. The number of nitrogens with zero attached hydrogens (tertiary/aromatic N) is 1. The third kappa shape index (κ3) is 3.76. The van der Waals surface area contributed by atoms with Gasteiger partial charge in [-0.25, -0.2) is 0 Å². The number of nitrogens with one attached hydrogen (secondary N) is 1. The molecular weight excluding hydrogens is 365 g/mol. The number of alkyl halides is 3. The van der Waals surface area contributed by atoms with Crippen LogP contribution in [-0.2, 0) is 19.0 Å². The minimum atomic E-state index is -4.41. The molecule has 1 amide bonds. The zero-order valence-corrected chi connectivity index (χ0v) is 14.9. The fourth-order valence-electron chi connectivity index (χ4n) is 3.41. The van der Waals surface area contributed by atoms with E-state index >= 15 is 0 Å². The molecule has 3 nitrogen and oxygen atoms in total. The summed E-state index contributed by atoms with van der Waals surface area (Å²) in [6.07, 6.45) is 0.189. The second-order valence-electron chi connectivity index (χ2n) is 6.80. The highest BCUT2D eigenvalue weighted by Crippen LogP contribution is 2.31. The predicted octanol–water partition coefficient (Wildman–Crippen LogP) is 5.51. The lowest BCUT2D eigenvalue weighted by atomic mass is 10.1. The number of pyridine rings is 1. The predicted molar refractivity (Wildman–Crippen MR) is 101 cm³/mol. The van der Waals surface area contributed by atoms with Crippen molar-refractivity contribution in [2.75, 3.05) is 5.32 Å². The second kappa shape index (κ2) is 7.11. The minimum absolute atomic E-state index is 0.305. The molecule has 1 N–H and O–H groups in total. The van der Waals surface area contributed by atoms with Crippen LogP contribution in [0.25, 0.3) is 11.3 Å². The molecule has 0 radical (unpaired) electrons. The third-order valence-electron chi connectivity index (χ3n) is 4.87. The number of anilines is 1. The van der Waals surface area contributed by atoms with Gasteiger partial charge in [-0.3, -0.25) is 9.78 Å². The van der Waals surface area contributed by atoms with E-state index in [9.17, 15) is 18.0 Å². The molecule has 0 spiro atoms. The minimum Gasteiger partial charge on any atom is -0.322 e. The van der Waals surface area contributed by atoms with E-state index in [4.69, 9.17) is 0 Å². The maximum atomic E-state index is 12.9. The number of benzene rings is 2. The first kappa shape index (κ1) is 18.2. The number of aromatic nitrogens is 1. The Hall–Kier alpha value is -3.15. The summed E-state index contributed by atoms with van der Waals surface area (Å²) in [5, 5.41) is 2.85. The Labute approximate surface area is 160 Å². The highest BCUT2D eigenvalue weighted by molar-refractivity contribution is 6.04. The Kier molecular flexibility index (Phi) is 4.63. The number of carbonyl (C=O) groups is 1. The van der Waals surface area contributed by atoms with Crippen molar-refractivity contribution in [2.45, 2.75) is 25.4 Å². The number of aryl methyl sites for hydroxylation is 2. The van der Waals surface area contributed by atoms with Crippen molar-refractivity contribution in [3.8, 4) is 11.3 Å². The van der Waals surface area contributed by atoms with Crippen LogP contribution in [0, 0.1) is 0 Å². The van der Waals surface area contributed by atoms with E-state index < -0.39 is 11.7 Å². The summed E-state index contributed by atoms with van der Waals surface area (Å²) in [6.45, 7) is 0. The molecule has 6 heteroatoms. The largest absolute Gasteiger partial charge is 0.416 e. The second-order valence-corrected chi connectivity index (χ2v) is 6.80. The van der Waals surface area contributed by atoms with Gasteiger partial charge < -0.3 is 5.32 Å². The van der Waals surface area contributed by atoms with Gasteiger partial charge in [-0.2, -0.15) is 13.2 Å². The van der Waals surface area contributed by atoms with Crippen molar-refractivity contribution in [3.63, 3.8) is 0 Å². The summed E-state index contributed by atoms with van der Waals surface area (Å²) >= 11 is 0. The number of hydrogen-bond donors (Lipinski definition) is 1. The van der Waals surface area contributed by atoms with E-state index in [0.717, 1.165) is 37.1 Å². The standard InChI is InChI=1S/C22H17F3N2O/c23-22(24,25)18-6-2-5-16(11-18)20-10-8-17(13-26-20)21(28)27-19-9-7-14-3-1-4-15(14)12-19/h2,5-13H,1,3-4H2,(H,27,28). The smallest absolute Gasteiger partial charge is 0.322 e. The number of hydrogen-bond acceptors (Lipinski definition) is 2. The number of fused-ring (bicyclic) bond motifs is 1. The highest BCUT2D eigenvalue weighted by atomic mass is 19.4. The Morgan fingerprint density at radius 1 is 0.964 bits per heavy atom. The van der Waals surface area contributed by atoms with E-state index in [1.807, 2.05) is 18.2 Å². The van der Waals surface area contributed by atoms with E-state index in [0.29, 0.717) is 16.8 Å². The summed E-state index contributed by atoms with van der Waals surface area (Å²) in [4.78, 5) is 16.6. The van der Waals surface area contributed by atoms with E-state index in [-0.39, 0.29) is 5.91 Å². The first-order valence-corrected chi connectivity index (χ1v) is 8.97. The Morgan fingerprint density at radius 2 is 1.79 bits per heavy atom. The Morgan fingerprint density at radius 3 is 2.54 bits per heavy atom. The van der Waals surface area contributed by atoms with Crippen LogP contribution in [-0.4, -0.2) is 10.9 Å². The molecule has 0 saturated heterocycles. The first-order valence-electron chi connectivity index (χ1n) is 8.97. The normalized spacial score (nSPS) is 13.2. The molecule has 1 aliphatic rings. The molecule has 2 aromatic carbocycles. The third-order valence-corrected chi connectivity index (χ3v) is 4.87. The molecule has 0 fully saturated rings. The van der Waals surface area contributed by atoms with Crippen LogP contribution in [0.2, 0.25) is 0 Å². The lowest BCUT2D eigenvalue weighted by molar-refractivity contribution is -0.137. The summed E-state index contributed by atoms with van der Waals surface area (Å²) in [6, 6.07) is 14.0. The monoisotopic (exact) mass is 382 g/mol. The van der Waals surface area contributed by atoms with Crippen molar-refractivity contribution in [1.29, 1.82) is 0 Å². The molecule has 1 aromatic heterocycles. The number of rotatable bonds is 3. The maximum Gasteiger partial charge on any atom is 0.416 e. The zero-order valence-electron chi connectivity index (χ0n) is 14.9.